The van der Waals surface area contributed by atoms with Crippen LogP contribution in [0, 0.1) is 0 Å². The minimum absolute atomic E-state index is 0.0271. The highest BCUT2D eigenvalue weighted by atomic mass is 16.5. The number of methoxy groups -OCH3 is 2. The third kappa shape index (κ3) is 3.21. The molecule has 0 aliphatic heterocycles. The van der Waals surface area contributed by atoms with Crippen LogP contribution in [0.3, 0.4) is 0 Å². The van der Waals surface area contributed by atoms with Crippen molar-refractivity contribution in [2.24, 2.45) is 0 Å². The molecule has 19 heavy (non-hydrogen) atoms. The summed E-state index contributed by atoms with van der Waals surface area (Å²) in [7, 11) is 2.69. The zero-order valence-electron chi connectivity index (χ0n) is 11.2. The Kier molecular flexibility index (Phi) is 5.29. The number of phenolic OH excluding ortho intramolecular Hbond substituents is 2. The summed E-state index contributed by atoms with van der Waals surface area (Å²) in [6.45, 7) is 2.19. The first-order valence-electron chi connectivity index (χ1n) is 5.90. The Hall–Kier alpha value is -2.11. The quantitative estimate of drug-likeness (QED) is 0.467. The van der Waals surface area contributed by atoms with Gasteiger partial charge in [-0.3, -0.25) is 0 Å². The SMILES string of the molecule is CCCCOC(=O)c1c(O)c(O)cc(OC)c1OC. The Bertz CT molecular complexity index is 455. The van der Waals surface area contributed by atoms with Gasteiger partial charge in [-0.1, -0.05) is 13.3 Å². The van der Waals surface area contributed by atoms with E-state index in [4.69, 9.17) is 14.2 Å². The maximum atomic E-state index is 11.9. The molecule has 0 fully saturated rings. The van der Waals surface area contributed by atoms with Gasteiger partial charge in [0, 0.05) is 6.07 Å². The molecule has 0 saturated carbocycles. The minimum Gasteiger partial charge on any atom is -0.504 e. The Morgan fingerprint density at radius 2 is 1.95 bits per heavy atom. The number of benzene rings is 1. The van der Waals surface area contributed by atoms with Crippen LogP contribution in [0.5, 0.6) is 23.0 Å². The van der Waals surface area contributed by atoms with E-state index in [2.05, 4.69) is 0 Å². The third-order valence-corrected chi connectivity index (χ3v) is 2.56. The van der Waals surface area contributed by atoms with Gasteiger partial charge in [-0.2, -0.15) is 0 Å². The third-order valence-electron chi connectivity index (χ3n) is 2.56. The molecule has 1 aromatic rings. The van der Waals surface area contributed by atoms with Crippen molar-refractivity contribution in [3.63, 3.8) is 0 Å². The van der Waals surface area contributed by atoms with Crippen molar-refractivity contribution in [2.75, 3.05) is 20.8 Å². The first-order chi connectivity index (χ1) is 9.06. The van der Waals surface area contributed by atoms with E-state index in [0.717, 1.165) is 12.5 Å². The molecule has 0 aromatic heterocycles. The molecule has 0 saturated heterocycles. The molecule has 0 radical (unpaired) electrons. The summed E-state index contributed by atoms with van der Waals surface area (Å²) in [5, 5.41) is 19.3. The van der Waals surface area contributed by atoms with Gasteiger partial charge in [0.25, 0.3) is 0 Å². The zero-order chi connectivity index (χ0) is 14.4. The highest BCUT2D eigenvalue weighted by Gasteiger charge is 2.26. The zero-order valence-corrected chi connectivity index (χ0v) is 11.2. The average Bonchev–Trinajstić information content (AvgIpc) is 2.41. The molecule has 6 nitrogen and oxygen atoms in total. The lowest BCUT2D eigenvalue weighted by Gasteiger charge is -2.14. The smallest absolute Gasteiger partial charge is 0.346 e. The van der Waals surface area contributed by atoms with Gasteiger partial charge in [0.2, 0.25) is 0 Å². The average molecular weight is 270 g/mol. The predicted molar refractivity (Wildman–Crippen MR) is 68.1 cm³/mol. The number of ether oxygens (including phenoxy) is 3. The number of phenols is 2. The number of aromatic hydroxyl groups is 2. The van der Waals surface area contributed by atoms with Gasteiger partial charge in [-0.05, 0) is 6.42 Å². The molecule has 106 valence electrons. The topological polar surface area (TPSA) is 85.2 Å². The molecule has 0 heterocycles. The Morgan fingerprint density at radius 3 is 2.47 bits per heavy atom. The molecule has 1 aromatic carbocycles. The molecule has 0 spiro atoms. The Labute approximate surface area is 111 Å². The molecular weight excluding hydrogens is 252 g/mol. The van der Waals surface area contributed by atoms with Crippen molar-refractivity contribution in [2.45, 2.75) is 19.8 Å². The number of carbonyl (C=O) groups excluding carboxylic acids is 1. The summed E-state index contributed by atoms with van der Waals surface area (Å²) < 4.78 is 15.0. The second kappa shape index (κ2) is 6.72. The molecule has 0 aliphatic rings. The van der Waals surface area contributed by atoms with E-state index >= 15 is 0 Å². The van der Waals surface area contributed by atoms with Gasteiger partial charge in [-0.15, -0.1) is 0 Å². The second-order valence-corrected chi connectivity index (χ2v) is 3.84. The molecule has 0 amide bonds. The van der Waals surface area contributed by atoms with E-state index < -0.39 is 17.5 Å². The standard InChI is InChI=1S/C13H18O6/c1-4-5-6-19-13(16)10-11(15)8(14)7-9(17-2)12(10)18-3/h7,14-15H,4-6H2,1-3H3. The Morgan fingerprint density at radius 1 is 1.26 bits per heavy atom. The highest BCUT2D eigenvalue weighted by Crippen LogP contribution is 2.43. The van der Waals surface area contributed by atoms with Crippen molar-refractivity contribution in [1.82, 2.24) is 0 Å². The van der Waals surface area contributed by atoms with Gasteiger partial charge in [0.15, 0.2) is 28.6 Å². The van der Waals surface area contributed by atoms with E-state index in [9.17, 15) is 15.0 Å². The molecule has 0 unspecified atom stereocenters. The molecular formula is C13H18O6. The van der Waals surface area contributed by atoms with E-state index in [0.29, 0.717) is 6.42 Å². The lowest BCUT2D eigenvalue weighted by atomic mass is 10.1. The lowest BCUT2D eigenvalue weighted by molar-refractivity contribution is 0.0491. The number of unbranched alkanes of at least 4 members (excludes halogenated alkanes) is 1. The summed E-state index contributed by atoms with van der Waals surface area (Å²) in [4.78, 5) is 11.9. The largest absolute Gasteiger partial charge is 0.504 e. The van der Waals surface area contributed by atoms with E-state index in [1.165, 1.54) is 14.2 Å². The maximum Gasteiger partial charge on any atom is 0.346 e. The van der Waals surface area contributed by atoms with E-state index in [1.807, 2.05) is 6.92 Å². The van der Waals surface area contributed by atoms with Crippen LogP contribution in [-0.4, -0.2) is 37.0 Å². The maximum absolute atomic E-state index is 11.9. The van der Waals surface area contributed by atoms with Crippen molar-refractivity contribution in [1.29, 1.82) is 0 Å². The van der Waals surface area contributed by atoms with Crippen LogP contribution in [0.4, 0.5) is 0 Å². The van der Waals surface area contributed by atoms with Gasteiger partial charge >= 0.3 is 5.97 Å². The molecule has 1 rings (SSSR count). The van der Waals surface area contributed by atoms with Crippen LogP contribution in [0.1, 0.15) is 30.1 Å². The molecule has 6 heteroatoms. The highest BCUT2D eigenvalue weighted by molar-refractivity contribution is 5.97. The van der Waals surface area contributed by atoms with Gasteiger partial charge in [0.1, 0.15) is 0 Å². The summed E-state index contributed by atoms with van der Waals surface area (Å²) in [5.41, 5.74) is -0.240. The van der Waals surface area contributed by atoms with Gasteiger partial charge in [-0.25, -0.2) is 4.79 Å². The monoisotopic (exact) mass is 270 g/mol. The van der Waals surface area contributed by atoms with Crippen molar-refractivity contribution in [3.8, 4) is 23.0 Å². The first-order valence-corrected chi connectivity index (χ1v) is 5.90. The van der Waals surface area contributed by atoms with Crippen molar-refractivity contribution >= 4 is 5.97 Å². The summed E-state index contributed by atoms with van der Waals surface area (Å²) in [5.74, 6) is -1.66. The minimum atomic E-state index is -0.767. The first kappa shape index (κ1) is 14.9. The fraction of sp³-hybridized carbons (Fsp3) is 0.462. The van der Waals surface area contributed by atoms with Crippen molar-refractivity contribution < 1.29 is 29.2 Å². The van der Waals surface area contributed by atoms with E-state index in [1.54, 1.807) is 0 Å². The fourth-order valence-corrected chi connectivity index (χ4v) is 1.54. The number of hydrogen-bond donors (Lipinski definition) is 2. The number of hydrogen-bond acceptors (Lipinski definition) is 6. The number of esters is 1. The van der Waals surface area contributed by atoms with Crippen LogP contribution >= 0.6 is 0 Å². The van der Waals surface area contributed by atoms with Crippen LogP contribution in [0.15, 0.2) is 6.07 Å². The van der Waals surface area contributed by atoms with Crippen molar-refractivity contribution in [3.05, 3.63) is 11.6 Å². The van der Waals surface area contributed by atoms with Crippen LogP contribution in [0.25, 0.3) is 0 Å². The van der Waals surface area contributed by atoms with Gasteiger partial charge in [0.05, 0.1) is 20.8 Å². The normalized spacial score (nSPS) is 10.1. The van der Waals surface area contributed by atoms with Crippen LogP contribution in [-0.2, 0) is 4.74 Å². The van der Waals surface area contributed by atoms with Gasteiger partial charge < -0.3 is 24.4 Å². The number of rotatable bonds is 6. The fourth-order valence-electron chi connectivity index (χ4n) is 1.54. The Balaban J connectivity index is 3.16. The summed E-state index contributed by atoms with van der Waals surface area (Å²) in [6, 6.07) is 1.16. The summed E-state index contributed by atoms with van der Waals surface area (Å²) in [6.07, 6.45) is 1.59. The summed E-state index contributed by atoms with van der Waals surface area (Å²) >= 11 is 0. The van der Waals surface area contributed by atoms with Crippen LogP contribution < -0.4 is 9.47 Å². The molecule has 0 aliphatic carbocycles. The lowest BCUT2D eigenvalue weighted by Crippen LogP contribution is -2.09. The predicted octanol–water partition coefficient (Wildman–Crippen LogP) is 2.07. The molecule has 2 N–H and O–H groups in total. The van der Waals surface area contributed by atoms with E-state index in [-0.39, 0.29) is 23.7 Å². The molecule has 0 atom stereocenters. The van der Waals surface area contributed by atoms with Crippen LogP contribution in [0.2, 0.25) is 0 Å². The number of carbonyl (C=O) groups is 1. The molecule has 0 bridgehead atoms. The second-order valence-electron chi connectivity index (χ2n) is 3.84.